The summed E-state index contributed by atoms with van der Waals surface area (Å²) in [6.45, 7) is 2.45. The molecule has 2 heterocycles. The number of benzene rings is 1. The molecule has 1 aromatic carbocycles. The number of hydrogen-bond donors (Lipinski definition) is 1. The van der Waals surface area contributed by atoms with Crippen molar-refractivity contribution in [2.45, 2.75) is 19.5 Å². The third-order valence-electron chi connectivity index (χ3n) is 4.10. The molecule has 0 aliphatic heterocycles. The average Bonchev–Trinajstić information content (AvgIpc) is 3.38. The van der Waals surface area contributed by atoms with Gasteiger partial charge in [0.05, 0.1) is 33.4 Å². The first-order valence-corrected chi connectivity index (χ1v) is 8.66. The number of methoxy groups -OCH3 is 3. The van der Waals surface area contributed by atoms with Gasteiger partial charge in [0.2, 0.25) is 11.6 Å². The lowest BCUT2D eigenvalue weighted by molar-refractivity contribution is 0.324. The molecule has 3 aromatic rings. The van der Waals surface area contributed by atoms with Gasteiger partial charge in [0.15, 0.2) is 11.5 Å². The third kappa shape index (κ3) is 4.59. The Kier molecular flexibility index (Phi) is 6.32. The second-order valence-corrected chi connectivity index (χ2v) is 5.89. The van der Waals surface area contributed by atoms with Crippen LogP contribution in [-0.4, -0.2) is 42.4 Å². The molecule has 3 rings (SSSR count). The van der Waals surface area contributed by atoms with E-state index in [9.17, 15) is 0 Å². The fraction of sp³-hybridized carbons (Fsp3) is 0.368. The molecule has 0 atom stereocenters. The molecule has 2 aromatic heterocycles. The first-order valence-electron chi connectivity index (χ1n) is 8.66. The highest BCUT2D eigenvalue weighted by Gasteiger charge is 2.16. The van der Waals surface area contributed by atoms with Gasteiger partial charge in [0, 0.05) is 31.0 Å². The van der Waals surface area contributed by atoms with Crippen LogP contribution in [0.25, 0.3) is 11.5 Å². The van der Waals surface area contributed by atoms with Crippen LogP contribution in [0.5, 0.6) is 17.2 Å². The van der Waals surface area contributed by atoms with Crippen molar-refractivity contribution in [3.63, 3.8) is 0 Å². The minimum atomic E-state index is 0.504. The summed E-state index contributed by atoms with van der Waals surface area (Å²) in [5, 5.41) is 3.37. The molecule has 0 aliphatic carbocycles. The normalized spacial score (nSPS) is 10.8. The zero-order chi connectivity index (χ0) is 19.1. The molecule has 0 spiro atoms. The van der Waals surface area contributed by atoms with Crippen molar-refractivity contribution in [3.05, 3.63) is 42.8 Å². The van der Waals surface area contributed by atoms with Gasteiger partial charge < -0.3 is 28.5 Å². The maximum atomic E-state index is 5.62. The zero-order valence-corrected chi connectivity index (χ0v) is 15.8. The minimum absolute atomic E-state index is 0.504. The van der Waals surface area contributed by atoms with E-state index < -0.39 is 0 Å². The van der Waals surface area contributed by atoms with Crippen LogP contribution in [0.2, 0.25) is 0 Å². The molecule has 0 bridgehead atoms. The van der Waals surface area contributed by atoms with E-state index in [-0.39, 0.29) is 0 Å². The molecule has 0 saturated heterocycles. The standard InChI is InChI=1S/C19H24N4O4/c1-24-16-9-14(10-17(25-2)18(16)26-3)19-22-15(12-27-19)11-20-5-4-7-23-8-6-21-13-23/h6,8-10,12-13,20H,4-5,7,11H2,1-3H3. The highest BCUT2D eigenvalue weighted by molar-refractivity contribution is 5.65. The third-order valence-corrected chi connectivity index (χ3v) is 4.10. The molecule has 144 valence electrons. The smallest absolute Gasteiger partial charge is 0.226 e. The molecular formula is C19H24N4O4. The van der Waals surface area contributed by atoms with Crippen molar-refractivity contribution in [1.29, 1.82) is 0 Å². The van der Waals surface area contributed by atoms with Gasteiger partial charge in [-0.1, -0.05) is 0 Å². The molecule has 0 saturated carbocycles. The molecule has 0 amide bonds. The molecule has 0 unspecified atom stereocenters. The molecule has 27 heavy (non-hydrogen) atoms. The summed E-state index contributed by atoms with van der Waals surface area (Å²) in [7, 11) is 4.73. The van der Waals surface area contributed by atoms with Crippen LogP contribution in [0.15, 0.2) is 41.5 Å². The monoisotopic (exact) mass is 372 g/mol. The Morgan fingerprint density at radius 1 is 1.11 bits per heavy atom. The van der Waals surface area contributed by atoms with Gasteiger partial charge in [-0.15, -0.1) is 0 Å². The lowest BCUT2D eigenvalue weighted by atomic mass is 10.2. The first kappa shape index (κ1) is 18.8. The van der Waals surface area contributed by atoms with Gasteiger partial charge in [0.25, 0.3) is 0 Å². The van der Waals surface area contributed by atoms with Crippen LogP contribution in [-0.2, 0) is 13.1 Å². The van der Waals surface area contributed by atoms with Crippen molar-refractivity contribution in [3.8, 4) is 28.7 Å². The topological polar surface area (TPSA) is 83.6 Å². The fourth-order valence-corrected chi connectivity index (χ4v) is 2.75. The van der Waals surface area contributed by atoms with Crippen LogP contribution >= 0.6 is 0 Å². The van der Waals surface area contributed by atoms with Crippen LogP contribution in [0.4, 0.5) is 0 Å². The summed E-state index contributed by atoms with van der Waals surface area (Å²) in [6, 6.07) is 3.63. The number of rotatable bonds is 10. The SMILES string of the molecule is COc1cc(-c2nc(CNCCCn3ccnc3)co2)cc(OC)c1OC. The van der Waals surface area contributed by atoms with Gasteiger partial charge in [-0.3, -0.25) is 0 Å². The Bertz CT molecular complexity index is 820. The predicted octanol–water partition coefficient (Wildman–Crippen LogP) is 2.74. The van der Waals surface area contributed by atoms with Gasteiger partial charge in [-0.2, -0.15) is 0 Å². The molecule has 8 nitrogen and oxygen atoms in total. The summed E-state index contributed by atoms with van der Waals surface area (Å²) in [5.74, 6) is 2.16. The highest BCUT2D eigenvalue weighted by Crippen LogP contribution is 2.40. The van der Waals surface area contributed by atoms with Crippen molar-refractivity contribution in [2.75, 3.05) is 27.9 Å². The number of nitrogens with zero attached hydrogens (tertiary/aromatic N) is 3. The average molecular weight is 372 g/mol. The molecule has 0 fully saturated rings. The van der Waals surface area contributed by atoms with E-state index in [4.69, 9.17) is 18.6 Å². The zero-order valence-electron chi connectivity index (χ0n) is 15.8. The Morgan fingerprint density at radius 3 is 2.52 bits per heavy atom. The Morgan fingerprint density at radius 2 is 1.89 bits per heavy atom. The largest absolute Gasteiger partial charge is 0.493 e. The second-order valence-electron chi connectivity index (χ2n) is 5.89. The van der Waals surface area contributed by atoms with Crippen molar-refractivity contribution >= 4 is 0 Å². The number of hydrogen-bond acceptors (Lipinski definition) is 7. The van der Waals surface area contributed by atoms with Gasteiger partial charge in [-0.05, 0) is 25.1 Å². The summed E-state index contributed by atoms with van der Waals surface area (Å²) >= 11 is 0. The fourth-order valence-electron chi connectivity index (χ4n) is 2.75. The van der Waals surface area contributed by atoms with Crippen LogP contribution < -0.4 is 19.5 Å². The van der Waals surface area contributed by atoms with E-state index in [0.29, 0.717) is 29.7 Å². The maximum absolute atomic E-state index is 5.62. The highest BCUT2D eigenvalue weighted by atomic mass is 16.5. The summed E-state index contributed by atoms with van der Waals surface area (Å²) in [4.78, 5) is 8.57. The van der Waals surface area contributed by atoms with E-state index in [2.05, 4.69) is 19.9 Å². The Balaban J connectivity index is 1.60. The first-order chi connectivity index (χ1) is 13.2. The van der Waals surface area contributed by atoms with Crippen LogP contribution in [0.1, 0.15) is 12.1 Å². The van der Waals surface area contributed by atoms with Gasteiger partial charge >= 0.3 is 0 Å². The van der Waals surface area contributed by atoms with Crippen molar-refractivity contribution in [2.24, 2.45) is 0 Å². The lowest BCUT2D eigenvalue weighted by Crippen LogP contribution is -2.16. The Labute approximate surface area is 158 Å². The minimum Gasteiger partial charge on any atom is -0.493 e. The van der Waals surface area contributed by atoms with Gasteiger partial charge in [-0.25, -0.2) is 9.97 Å². The number of imidazole rings is 1. The van der Waals surface area contributed by atoms with E-state index in [1.807, 2.05) is 24.7 Å². The van der Waals surface area contributed by atoms with Crippen molar-refractivity contribution < 1.29 is 18.6 Å². The molecule has 8 heteroatoms. The number of oxazole rings is 1. The van der Waals surface area contributed by atoms with E-state index in [1.54, 1.807) is 33.8 Å². The molecule has 1 N–H and O–H groups in total. The van der Waals surface area contributed by atoms with Crippen molar-refractivity contribution in [1.82, 2.24) is 19.9 Å². The van der Waals surface area contributed by atoms with Gasteiger partial charge in [0.1, 0.15) is 6.26 Å². The quantitative estimate of drug-likeness (QED) is 0.548. The molecule has 0 radical (unpaired) electrons. The van der Waals surface area contributed by atoms with Crippen LogP contribution in [0, 0.1) is 0 Å². The number of aromatic nitrogens is 3. The van der Waals surface area contributed by atoms with E-state index >= 15 is 0 Å². The number of aryl methyl sites for hydroxylation is 1. The molecular weight excluding hydrogens is 348 g/mol. The Hall–Kier alpha value is -3.00. The number of ether oxygens (including phenoxy) is 3. The summed E-state index contributed by atoms with van der Waals surface area (Å²) < 4.78 is 23.8. The van der Waals surface area contributed by atoms with Crippen LogP contribution in [0.3, 0.4) is 0 Å². The lowest BCUT2D eigenvalue weighted by Gasteiger charge is -2.12. The summed E-state index contributed by atoms with van der Waals surface area (Å²) in [6.07, 6.45) is 8.23. The van der Waals surface area contributed by atoms with E-state index in [0.717, 1.165) is 30.8 Å². The number of nitrogens with one attached hydrogen (secondary N) is 1. The maximum Gasteiger partial charge on any atom is 0.226 e. The predicted molar refractivity (Wildman–Crippen MR) is 100 cm³/mol. The summed E-state index contributed by atoms with van der Waals surface area (Å²) in [5.41, 5.74) is 1.59. The second kappa shape index (κ2) is 9.09. The van der Waals surface area contributed by atoms with E-state index in [1.165, 1.54) is 0 Å². The molecule has 0 aliphatic rings.